The molecule has 1 atom stereocenters. The lowest BCUT2D eigenvalue weighted by atomic mass is 10.1. The first-order chi connectivity index (χ1) is 15.7. The number of benzene rings is 2. The van der Waals surface area contributed by atoms with Gasteiger partial charge in [0.15, 0.2) is 0 Å². The molecule has 1 amide bonds. The van der Waals surface area contributed by atoms with E-state index in [4.69, 9.17) is 11.6 Å². The van der Waals surface area contributed by atoms with E-state index in [2.05, 4.69) is 49.3 Å². The fraction of sp³-hybridized carbons (Fsp3) is 0.360. The number of halogens is 1. The second kappa shape index (κ2) is 9.45. The van der Waals surface area contributed by atoms with Gasteiger partial charge in [0, 0.05) is 59.9 Å². The van der Waals surface area contributed by atoms with Crippen molar-refractivity contribution >= 4 is 34.6 Å². The number of carbonyl (C=O) groups excluding carboxylic acids is 1. The van der Waals surface area contributed by atoms with Gasteiger partial charge in [0.2, 0.25) is 0 Å². The largest absolute Gasteiger partial charge is 0.342 e. The molecule has 2 fully saturated rings. The van der Waals surface area contributed by atoms with Crippen LogP contribution >= 0.6 is 11.6 Å². The first-order valence-corrected chi connectivity index (χ1v) is 11.6. The van der Waals surface area contributed by atoms with Gasteiger partial charge >= 0.3 is 0 Å². The number of para-hydroxylation sites is 1. The number of nitrogens with one attached hydrogen (secondary N) is 1. The summed E-state index contributed by atoms with van der Waals surface area (Å²) in [5, 5.41) is 6.10. The minimum atomic E-state index is -0.0598. The number of carbonyl (C=O) groups is 1. The van der Waals surface area contributed by atoms with Crippen LogP contribution in [-0.4, -0.2) is 65.3 Å². The summed E-state index contributed by atoms with van der Waals surface area (Å²) in [6, 6.07) is 16.7. The van der Waals surface area contributed by atoms with Crippen LogP contribution in [0.4, 0.5) is 0 Å². The number of hydrazone groups is 1. The highest BCUT2D eigenvalue weighted by Crippen LogP contribution is 2.23. The van der Waals surface area contributed by atoms with E-state index in [1.165, 1.54) is 19.4 Å². The van der Waals surface area contributed by atoms with Gasteiger partial charge in [-0.15, -0.1) is 0 Å². The molecule has 166 valence electrons. The molecule has 6 nitrogen and oxygen atoms in total. The normalized spacial score (nSPS) is 19.6. The van der Waals surface area contributed by atoms with Gasteiger partial charge in [-0.3, -0.25) is 14.6 Å². The van der Waals surface area contributed by atoms with Gasteiger partial charge in [0.25, 0.3) is 5.91 Å². The molecule has 2 aliphatic heterocycles. The maximum Gasteiger partial charge on any atom is 0.254 e. The van der Waals surface area contributed by atoms with Gasteiger partial charge in [-0.1, -0.05) is 41.9 Å². The first kappa shape index (κ1) is 21.2. The molecule has 0 spiro atoms. The second-order valence-corrected chi connectivity index (χ2v) is 9.16. The summed E-state index contributed by atoms with van der Waals surface area (Å²) in [4.78, 5) is 17.2. The van der Waals surface area contributed by atoms with Crippen LogP contribution < -0.4 is 5.43 Å². The minimum absolute atomic E-state index is 0.0598. The Morgan fingerprint density at radius 2 is 2.06 bits per heavy atom. The van der Waals surface area contributed by atoms with Crippen molar-refractivity contribution in [2.75, 3.05) is 32.7 Å². The molecule has 0 radical (unpaired) electrons. The number of piperazine rings is 1. The maximum atomic E-state index is 12.4. The molecule has 3 heterocycles. The zero-order chi connectivity index (χ0) is 21.9. The Balaban J connectivity index is 1.24. The van der Waals surface area contributed by atoms with Gasteiger partial charge in [-0.25, -0.2) is 5.43 Å². The van der Waals surface area contributed by atoms with E-state index in [1.807, 2.05) is 30.3 Å². The molecule has 1 aromatic heterocycles. The van der Waals surface area contributed by atoms with Crippen LogP contribution in [0.3, 0.4) is 0 Å². The summed E-state index contributed by atoms with van der Waals surface area (Å²) in [5.74, 6) is -0.0598. The van der Waals surface area contributed by atoms with Crippen LogP contribution in [0.1, 0.15) is 24.0 Å². The molecular weight excluding hydrogens is 422 g/mol. The van der Waals surface area contributed by atoms with Crippen LogP contribution in [0.2, 0.25) is 5.02 Å². The molecular formula is C25H28ClN5O. The van der Waals surface area contributed by atoms with E-state index in [0.29, 0.717) is 19.1 Å². The Morgan fingerprint density at radius 1 is 1.16 bits per heavy atom. The minimum Gasteiger partial charge on any atom is -0.342 e. The van der Waals surface area contributed by atoms with E-state index < -0.39 is 0 Å². The summed E-state index contributed by atoms with van der Waals surface area (Å²) in [7, 11) is 0. The Kier molecular flexibility index (Phi) is 6.26. The molecule has 0 saturated carbocycles. The Hall–Kier alpha value is -2.67. The number of hydrogen-bond acceptors (Lipinski definition) is 4. The summed E-state index contributed by atoms with van der Waals surface area (Å²) in [6.45, 7) is 5.32. The van der Waals surface area contributed by atoms with Crippen molar-refractivity contribution in [1.29, 1.82) is 0 Å². The molecule has 5 rings (SSSR count). The quantitative estimate of drug-likeness (QED) is 0.462. The Morgan fingerprint density at radius 3 is 2.97 bits per heavy atom. The van der Waals surface area contributed by atoms with Crippen LogP contribution in [-0.2, 0) is 11.3 Å². The van der Waals surface area contributed by atoms with E-state index in [1.54, 1.807) is 6.21 Å². The fourth-order valence-corrected chi connectivity index (χ4v) is 5.17. The van der Waals surface area contributed by atoms with Gasteiger partial charge in [0.05, 0.1) is 12.8 Å². The van der Waals surface area contributed by atoms with E-state index >= 15 is 0 Å². The summed E-state index contributed by atoms with van der Waals surface area (Å²) >= 11 is 6.15. The Labute approximate surface area is 193 Å². The van der Waals surface area contributed by atoms with E-state index in [-0.39, 0.29) is 5.91 Å². The van der Waals surface area contributed by atoms with Crippen LogP contribution in [0.5, 0.6) is 0 Å². The third-order valence-corrected chi connectivity index (χ3v) is 6.73. The summed E-state index contributed by atoms with van der Waals surface area (Å²) in [5.41, 5.74) is 5.95. The number of amides is 1. The molecule has 2 aromatic carbocycles. The van der Waals surface area contributed by atoms with Crippen molar-refractivity contribution in [3.8, 4) is 0 Å². The lowest BCUT2D eigenvalue weighted by Crippen LogP contribution is -2.52. The predicted octanol–water partition coefficient (Wildman–Crippen LogP) is 3.57. The fourth-order valence-electron chi connectivity index (χ4n) is 4.95. The molecule has 0 aliphatic carbocycles. The van der Waals surface area contributed by atoms with Crippen molar-refractivity contribution < 1.29 is 4.79 Å². The SMILES string of the molecule is O=C(CN1CCN2CCC[C@H]2C1)N/N=C\c1cn(Cc2cccc(Cl)c2)c2ccccc12. The van der Waals surface area contributed by atoms with Crippen LogP contribution in [0, 0.1) is 0 Å². The van der Waals surface area contributed by atoms with Crippen LogP contribution in [0.25, 0.3) is 10.9 Å². The second-order valence-electron chi connectivity index (χ2n) is 8.72. The molecule has 0 bridgehead atoms. The van der Waals surface area contributed by atoms with Crippen molar-refractivity contribution in [1.82, 2.24) is 19.8 Å². The standard InChI is InChI=1S/C25H28ClN5O/c26-21-6-3-5-19(13-21)15-31-16-20(23-8-1-2-9-24(23)31)14-27-28-25(32)18-29-11-12-30-10-4-7-22(30)17-29/h1-3,5-6,8-9,13-14,16,22H,4,7,10-12,15,17-18H2,(H,28,32)/b27-14-/t22-/m0/s1. The number of nitrogens with zero attached hydrogens (tertiary/aromatic N) is 4. The van der Waals surface area contributed by atoms with Crippen molar-refractivity contribution in [3.05, 3.63) is 70.9 Å². The highest BCUT2D eigenvalue weighted by Gasteiger charge is 2.30. The van der Waals surface area contributed by atoms with E-state index in [9.17, 15) is 4.79 Å². The lowest BCUT2D eigenvalue weighted by molar-refractivity contribution is -0.122. The predicted molar refractivity (Wildman–Crippen MR) is 129 cm³/mol. The molecule has 0 unspecified atom stereocenters. The molecule has 2 aliphatic rings. The number of fused-ring (bicyclic) bond motifs is 2. The molecule has 2 saturated heterocycles. The average molecular weight is 450 g/mol. The summed E-state index contributed by atoms with van der Waals surface area (Å²) < 4.78 is 2.19. The maximum absolute atomic E-state index is 12.4. The molecule has 32 heavy (non-hydrogen) atoms. The third kappa shape index (κ3) is 4.72. The van der Waals surface area contributed by atoms with Gasteiger partial charge in [0.1, 0.15) is 0 Å². The van der Waals surface area contributed by atoms with Crippen molar-refractivity contribution in [3.63, 3.8) is 0 Å². The number of hydrogen-bond donors (Lipinski definition) is 1. The first-order valence-electron chi connectivity index (χ1n) is 11.3. The highest BCUT2D eigenvalue weighted by atomic mass is 35.5. The average Bonchev–Trinajstić information content (AvgIpc) is 3.39. The van der Waals surface area contributed by atoms with Crippen molar-refractivity contribution in [2.45, 2.75) is 25.4 Å². The van der Waals surface area contributed by atoms with Crippen LogP contribution in [0.15, 0.2) is 59.8 Å². The third-order valence-electron chi connectivity index (χ3n) is 6.49. The number of aromatic nitrogens is 1. The van der Waals surface area contributed by atoms with Gasteiger partial charge in [-0.2, -0.15) is 5.10 Å². The lowest BCUT2D eigenvalue weighted by Gasteiger charge is -2.36. The Bertz CT molecular complexity index is 1140. The molecule has 1 N–H and O–H groups in total. The molecule has 7 heteroatoms. The van der Waals surface area contributed by atoms with Gasteiger partial charge in [-0.05, 0) is 43.1 Å². The molecule has 3 aromatic rings. The highest BCUT2D eigenvalue weighted by molar-refractivity contribution is 6.30. The summed E-state index contributed by atoms with van der Waals surface area (Å²) in [6.07, 6.45) is 6.33. The smallest absolute Gasteiger partial charge is 0.254 e. The van der Waals surface area contributed by atoms with Crippen molar-refractivity contribution in [2.24, 2.45) is 5.10 Å². The number of rotatable bonds is 6. The topological polar surface area (TPSA) is 52.9 Å². The monoisotopic (exact) mass is 449 g/mol. The zero-order valence-corrected chi connectivity index (χ0v) is 18.8. The van der Waals surface area contributed by atoms with Gasteiger partial charge < -0.3 is 4.57 Å². The van der Waals surface area contributed by atoms with E-state index in [0.717, 1.165) is 46.7 Å². The zero-order valence-electron chi connectivity index (χ0n) is 18.1.